The second-order valence-electron chi connectivity index (χ2n) is 5.94. The molecule has 0 spiro atoms. The Morgan fingerprint density at radius 3 is 2.67 bits per heavy atom. The van der Waals surface area contributed by atoms with Gasteiger partial charge in [0.15, 0.2) is 0 Å². The van der Waals surface area contributed by atoms with Crippen molar-refractivity contribution in [2.45, 2.75) is 26.5 Å². The van der Waals surface area contributed by atoms with E-state index in [0.29, 0.717) is 21.9 Å². The fourth-order valence-electron chi connectivity index (χ4n) is 2.05. The number of carbonyl (C=O) groups excluding carboxylic acids is 2. The van der Waals surface area contributed by atoms with Crippen LogP contribution in [0.1, 0.15) is 25.0 Å². The monoisotopic (exact) mass is 391 g/mol. The first-order chi connectivity index (χ1) is 12.8. The first-order valence-corrected chi connectivity index (χ1v) is 8.53. The molecule has 0 radical (unpaired) electrons. The van der Waals surface area contributed by atoms with Crippen molar-refractivity contribution < 1.29 is 18.7 Å². The summed E-state index contributed by atoms with van der Waals surface area (Å²) in [6.07, 6.45) is 1.35. The van der Waals surface area contributed by atoms with Crippen LogP contribution in [0.2, 0.25) is 5.02 Å². The molecule has 0 unspecified atom stereocenters. The summed E-state index contributed by atoms with van der Waals surface area (Å²) in [5.41, 5.74) is 3.41. The van der Waals surface area contributed by atoms with Crippen molar-refractivity contribution in [3.05, 3.63) is 64.4 Å². The second kappa shape index (κ2) is 9.68. The highest BCUT2D eigenvalue weighted by Crippen LogP contribution is 2.25. The Balaban J connectivity index is 1.92. The number of hydrogen-bond donors (Lipinski definition) is 2. The zero-order valence-corrected chi connectivity index (χ0v) is 15.6. The first kappa shape index (κ1) is 20.4. The van der Waals surface area contributed by atoms with E-state index in [9.17, 15) is 14.0 Å². The zero-order chi connectivity index (χ0) is 19.8. The average Bonchev–Trinajstić information content (AvgIpc) is 2.60. The van der Waals surface area contributed by atoms with Crippen LogP contribution in [0.5, 0.6) is 5.75 Å². The van der Waals surface area contributed by atoms with E-state index in [1.54, 1.807) is 44.2 Å². The fraction of sp³-hybridized carbons (Fsp3) is 0.211. The number of hydrogen-bond acceptors (Lipinski definition) is 4. The lowest BCUT2D eigenvalue weighted by Gasteiger charge is -2.09. The maximum Gasteiger partial charge on any atom is 0.329 e. The molecule has 142 valence electrons. The third-order valence-electron chi connectivity index (χ3n) is 3.25. The number of halogens is 2. The van der Waals surface area contributed by atoms with E-state index in [-0.39, 0.29) is 18.5 Å². The minimum Gasteiger partial charge on any atom is -0.487 e. The molecule has 8 heteroatoms. The smallest absolute Gasteiger partial charge is 0.329 e. The third-order valence-corrected chi connectivity index (χ3v) is 3.54. The molecule has 2 amide bonds. The average molecular weight is 392 g/mol. The second-order valence-corrected chi connectivity index (χ2v) is 6.34. The van der Waals surface area contributed by atoms with Gasteiger partial charge in [0, 0.05) is 6.04 Å². The first-order valence-electron chi connectivity index (χ1n) is 8.16. The van der Waals surface area contributed by atoms with Gasteiger partial charge in [0.05, 0.1) is 11.2 Å². The van der Waals surface area contributed by atoms with Gasteiger partial charge in [0.25, 0.3) is 0 Å². The molecule has 2 N–H and O–H groups in total. The minimum absolute atomic E-state index is 0.147. The van der Waals surface area contributed by atoms with Gasteiger partial charge in [-0.1, -0.05) is 23.7 Å². The lowest BCUT2D eigenvalue weighted by Crippen LogP contribution is -2.41. The molecule has 6 nitrogen and oxygen atoms in total. The van der Waals surface area contributed by atoms with E-state index in [4.69, 9.17) is 16.3 Å². The number of rotatable bonds is 6. The Bertz CT molecular complexity index is 856. The summed E-state index contributed by atoms with van der Waals surface area (Å²) in [6.45, 7) is 3.66. The molecule has 0 bridgehead atoms. The molecule has 0 heterocycles. The molecule has 2 aromatic carbocycles. The molecule has 0 saturated heterocycles. The van der Waals surface area contributed by atoms with Crippen molar-refractivity contribution in [3.8, 4) is 5.75 Å². The van der Waals surface area contributed by atoms with Crippen LogP contribution in [0, 0.1) is 5.82 Å². The van der Waals surface area contributed by atoms with Crippen molar-refractivity contribution in [2.24, 2.45) is 5.10 Å². The lowest BCUT2D eigenvalue weighted by molar-refractivity contribution is -0.139. The fourth-order valence-corrected chi connectivity index (χ4v) is 2.29. The predicted molar refractivity (Wildman–Crippen MR) is 101 cm³/mol. The summed E-state index contributed by atoms with van der Waals surface area (Å²) in [4.78, 5) is 23.0. The van der Waals surface area contributed by atoms with E-state index in [2.05, 4.69) is 15.8 Å². The number of benzene rings is 2. The summed E-state index contributed by atoms with van der Waals surface area (Å²) >= 11 is 6.16. The van der Waals surface area contributed by atoms with E-state index in [0.717, 1.165) is 0 Å². The van der Waals surface area contributed by atoms with Crippen LogP contribution in [0.25, 0.3) is 0 Å². The highest BCUT2D eigenvalue weighted by atomic mass is 35.5. The Morgan fingerprint density at radius 1 is 1.22 bits per heavy atom. The van der Waals surface area contributed by atoms with E-state index >= 15 is 0 Å². The van der Waals surface area contributed by atoms with Gasteiger partial charge < -0.3 is 10.1 Å². The van der Waals surface area contributed by atoms with E-state index in [1.165, 1.54) is 18.3 Å². The summed E-state index contributed by atoms with van der Waals surface area (Å²) < 4.78 is 18.7. The number of ether oxygens (including phenoxy) is 1. The molecular formula is C19H19ClFN3O3. The number of hydrazone groups is 1. The number of nitrogens with one attached hydrogen (secondary N) is 2. The Hall–Kier alpha value is -2.93. The van der Waals surface area contributed by atoms with Crippen molar-refractivity contribution in [3.63, 3.8) is 0 Å². The third kappa shape index (κ3) is 6.71. The van der Waals surface area contributed by atoms with Crippen LogP contribution in [-0.4, -0.2) is 24.1 Å². The van der Waals surface area contributed by atoms with Gasteiger partial charge in [0.2, 0.25) is 0 Å². The maximum atomic E-state index is 13.2. The quantitative estimate of drug-likeness (QED) is 0.451. The normalized spacial score (nSPS) is 10.9. The summed E-state index contributed by atoms with van der Waals surface area (Å²) in [6, 6.07) is 10.8. The molecule has 27 heavy (non-hydrogen) atoms. The van der Waals surface area contributed by atoms with Crippen LogP contribution in [0.15, 0.2) is 47.6 Å². The van der Waals surface area contributed by atoms with Gasteiger partial charge in [-0.25, -0.2) is 9.82 Å². The molecule has 0 aliphatic heterocycles. The van der Waals surface area contributed by atoms with Crippen LogP contribution < -0.4 is 15.5 Å². The molecule has 0 aliphatic carbocycles. The summed E-state index contributed by atoms with van der Waals surface area (Å²) in [5, 5.41) is 6.50. The van der Waals surface area contributed by atoms with E-state index in [1.807, 2.05) is 0 Å². The molecule has 0 saturated carbocycles. The molecule has 0 aliphatic rings. The molecule has 2 aromatic rings. The van der Waals surface area contributed by atoms with Gasteiger partial charge in [0.1, 0.15) is 18.2 Å². The van der Waals surface area contributed by atoms with E-state index < -0.39 is 11.8 Å². The van der Waals surface area contributed by atoms with Crippen LogP contribution in [0.4, 0.5) is 4.39 Å². The van der Waals surface area contributed by atoms with Crippen LogP contribution in [0.3, 0.4) is 0 Å². The molecule has 0 fully saturated rings. The number of nitrogens with zero attached hydrogens (tertiary/aromatic N) is 1. The van der Waals surface area contributed by atoms with Gasteiger partial charge in [-0.3, -0.25) is 9.59 Å². The zero-order valence-electron chi connectivity index (χ0n) is 14.8. The highest BCUT2D eigenvalue weighted by Gasteiger charge is 2.13. The Morgan fingerprint density at radius 2 is 2.00 bits per heavy atom. The standard InChI is InChI=1S/C19H19ClFN3O3/c1-12(2)23-18(25)19(26)24-22-10-13-6-7-17(16(20)9-13)27-11-14-4-3-5-15(21)8-14/h3-10,12H,11H2,1-2H3,(H,23,25)(H,24,26)/b22-10-. The van der Waals surface area contributed by atoms with Gasteiger partial charge in [-0.15, -0.1) is 0 Å². The van der Waals surface area contributed by atoms with Crippen molar-refractivity contribution in [2.75, 3.05) is 0 Å². The predicted octanol–water partition coefficient (Wildman–Crippen LogP) is 3.03. The summed E-state index contributed by atoms with van der Waals surface area (Å²) in [7, 11) is 0. The van der Waals surface area contributed by atoms with Crippen molar-refractivity contribution >= 4 is 29.6 Å². The number of amides is 2. The lowest BCUT2D eigenvalue weighted by atomic mass is 10.2. The molecule has 0 aromatic heterocycles. The largest absolute Gasteiger partial charge is 0.487 e. The maximum absolute atomic E-state index is 13.2. The van der Waals surface area contributed by atoms with Crippen LogP contribution >= 0.6 is 11.6 Å². The van der Waals surface area contributed by atoms with Crippen molar-refractivity contribution in [1.82, 2.24) is 10.7 Å². The molecular weight excluding hydrogens is 373 g/mol. The Kier molecular flexibility index (Phi) is 7.31. The van der Waals surface area contributed by atoms with Gasteiger partial charge in [-0.05, 0) is 55.3 Å². The number of carbonyl (C=O) groups is 2. The molecule has 0 atom stereocenters. The Labute approximate surface area is 161 Å². The highest BCUT2D eigenvalue weighted by molar-refractivity contribution is 6.35. The molecule has 2 rings (SSSR count). The SMILES string of the molecule is CC(C)NC(=O)C(=O)N/N=C\c1ccc(OCc2cccc(F)c2)c(Cl)c1. The van der Waals surface area contributed by atoms with Gasteiger partial charge >= 0.3 is 11.8 Å². The van der Waals surface area contributed by atoms with Crippen LogP contribution in [-0.2, 0) is 16.2 Å². The van der Waals surface area contributed by atoms with Crippen molar-refractivity contribution in [1.29, 1.82) is 0 Å². The summed E-state index contributed by atoms with van der Waals surface area (Å²) in [5.74, 6) is -1.53. The topological polar surface area (TPSA) is 79.8 Å². The van der Waals surface area contributed by atoms with Gasteiger partial charge in [-0.2, -0.15) is 5.10 Å². The minimum atomic E-state index is -0.860.